The lowest BCUT2D eigenvalue weighted by Gasteiger charge is -2.08. The highest BCUT2D eigenvalue weighted by Crippen LogP contribution is 2.30. The van der Waals surface area contributed by atoms with Gasteiger partial charge in [-0.2, -0.15) is 0 Å². The minimum absolute atomic E-state index is 0.151. The fourth-order valence-electron chi connectivity index (χ4n) is 2.55. The molecule has 4 rings (SSSR count). The Morgan fingerprint density at radius 1 is 1.15 bits per heavy atom. The minimum atomic E-state index is -0.407. The van der Waals surface area contributed by atoms with E-state index in [0.717, 1.165) is 10.4 Å². The van der Waals surface area contributed by atoms with Crippen molar-refractivity contribution in [3.05, 3.63) is 71.9 Å². The van der Waals surface area contributed by atoms with Crippen molar-refractivity contribution in [1.29, 1.82) is 0 Å². The molecule has 0 fully saturated rings. The predicted octanol–water partition coefficient (Wildman–Crippen LogP) is 3.54. The molecule has 0 aliphatic heterocycles. The number of carbonyl (C=O) groups excluding carboxylic acids is 1. The molecule has 0 aliphatic carbocycles. The lowest BCUT2D eigenvalue weighted by molar-refractivity contribution is 0.102. The molecule has 1 amide bonds. The summed E-state index contributed by atoms with van der Waals surface area (Å²) in [5, 5.41) is 22.0. The van der Waals surface area contributed by atoms with Gasteiger partial charge in [-0.1, -0.05) is 17.3 Å². The smallest absolute Gasteiger partial charge is 0.277 e. The summed E-state index contributed by atoms with van der Waals surface area (Å²) in [5.41, 5.74) is 8.80. The van der Waals surface area contributed by atoms with E-state index in [1.165, 1.54) is 23.0 Å². The Morgan fingerprint density at radius 3 is 2.70 bits per heavy atom. The molecule has 2 aromatic carbocycles. The Morgan fingerprint density at radius 2 is 1.96 bits per heavy atom. The van der Waals surface area contributed by atoms with Crippen LogP contribution in [-0.2, 0) is 0 Å². The average Bonchev–Trinajstić information content (AvgIpc) is 3.36. The third-order valence-electron chi connectivity index (χ3n) is 3.95. The molecule has 0 bridgehead atoms. The highest BCUT2D eigenvalue weighted by molar-refractivity contribution is 7.13. The van der Waals surface area contributed by atoms with Gasteiger partial charge < -0.3 is 16.2 Å². The van der Waals surface area contributed by atoms with E-state index in [4.69, 9.17) is 5.73 Å². The van der Waals surface area contributed by atoms with Gasteiger partial charge in [-0.25, -0.2) is 4.68 Å². The molecule has 4 aromatic rings. The Balaban J connectivity index is 1.56. The summed E-state index contributed by atoms with van der Waals surface area (Å²) < 4.78 is 1.46. The van der Waals surface area contributed by atoms with Crippen LogP contribution in [0.15, 0.2) is 66.2 Å². The van der Waals surface area contributed by atoms with Crippen LogP contribution in [0.4, 0.5) is 11.4 Å². The molecule has 4 N–H and O–H groups in total. The van der Waals surface area contributed by atoms with Gasteiger partial charge in [0.25, 0.3) is 5.91 Å². The van der Waals surface area contributed by atoms with Crippen LogP contribution in [-0.4, -0.2) is 26.0 Å². The number of nitrogens with zero attached hydrogens (tertiary/aromatic N) is 3. The van der Waals surface area contributed by atoms with Gasteiger partial charge >= 0.3 is 0 Å². The number of hydrogen-bond donors (Lipinski definition) is 3. The summed E-state index contributed by atoms with van der Waals surface area (Å²) in [6.07, 6.45) is 1.51. The summed E-state index contributed by atoms with van der Waals surface area (Å²) in [7, 11) is 0. The summed E-state index contributed by atoms with van der Waals surface area (Å²) >= 11 is 1.61. The quantitative estimate of drug-likeness (QED) is 0.472. The number of rotatable bonds is 4. The van der Waals surface area contributed by atoms with E-state index in [-0.39, 0.29) is 11.4 Å². The Labute approximate surface area is 158 Å². The number of thiophene rings is 1. The summed E-state index contributed by atoms with van der Waals surface area (Å²) in [4.78, 5) is 13.6. The average molecular weight is 377 g/mol. The van der Waals surface area contributed by atoms with Crippen molar-refractivity contribution in [3.63, 3.8) is 0 Å². The lowest BCUT2D eigenvalue weighted by atomic mass is 10.1. The van der Waals surface area contributed by atoms with E-state index in [0.29, 0.717) is 17.1 Å². The third-order valence-corrected chi connectivity index (χ3v) is 4.87. The first kappa shape index (κ1) is 16.8. The molecule has 0 atom stereocenters. The monoisotopic (exact) mass is 377 g/mol. The van der Waals surface area contributed by atoms with Crippen molar-refractivity contribution >= 4 is 28.6 Å². The maximum Gasteiger partial charge on any atom is 0.277 e. The first-order valence-electron chi connectivity index (χ1n) is 8.07. The predicted molar refractivity (Wildman–Crippen MR) is 105 cm³/mol. The van der Waals surface area contributed by atoms with Crippen LogP contribution in [0.1, 0.15) is 10.5 Å². The Bertz CT molecular complexity index is 1090. The van der Waals surface area contributed by atoms with Gasteiger partial charge in [-0.15, -0.1) is 16.4 Å². The van der Waals surface area contributed by atoms with Gasteiger partial charge in [0.2, 0.25) is 0 Å². The van der Waals surface area contributed by atoms with Crippen LogP contribution < -0.4 is 11.1 Å². The number of nitrogen functional groups attached to an aromatic ring is 1. The minimum Gasteiger partial charge on any atom is -0.508 e. The Kier molecular flexibility index (Phi) is 4.31. The molecule has 0 saturated carbocycles. The summed E-state index contributed by atoms with van der Waals surface area (Å²) in [6.45, 7) is 0. The maximum atomic E-state index is 12.5. The molecule has 2 aromatic heterocycles. The van der Waals surface area contributed by atoms with E-state index in [1.807, 2.05) is 29.6 Å². The normalized spacial score (nSPS) is 10.7. The first-order chi connectivity index (χ1) is 13.1. The zero-order valence-corrected chi connectivity index (χ0v) is 14.9. The standard InChI is InChI=1S/C19H15N5O2S/c20-15-8-3-12(18-2-1-9-27-18)10-16(15)21-19(26)17-11-24(23-22-17)13-4-6-14(25)7-5-13/h1-11,25H,20H2,(H,21,26). The van der Waals surface area contributed by atoms with E-state index in [1.54, 1.807) is 29.5 Å². The van der Waals surface area contributed by atoms with Crippen LogP contribution >= 0.6 is 11.3 Å². The van der Waals surface area contributed by atoms with Crippen LogP contribution in [0.5, 0.6) is 5.75 Å². The molecule has 27 heavy (non-hydrogen) atoms. The molecule has 7 nitrogen and oxygen atoms in total. The van der Waals surface area contributed by atoms with E-state index in [9.17, 15) is 9.90 Å². The number of benzene rings is 2. The molecule has 2 heterocycles. The maximum absolute atomic E-state index is 12.5. The number of phenolic OH excluding ortho intramolecular Hbond substituents is 1. The summed E-state index contributed by atoms with van der Waals surface area (Å²) in [5.74, 6) is -0.256. The van der Waals surface area contributed by atoms with Crippen molar-refractivity contribution in [2.75, 3.05) is 11.1 Å². The van der Waals surface area contributed by atoms with Crippen LogP contribution in [0.3, 0.4) is 0 Å². The molecule has 0 radical (unpaired) electrons. The largest absolute Gasteiger partial charge is 0.508 e. The van der Waals surface area contributed by atoms with Crippen molar-refractivity contribution in [3.8, 4) is 21.9 Å². The van der Waals surface area contributed by atoms with Crippen LogP contribution in [0, 0.1) is 0 Å². The molecule has 0 saturated heterocycles. The second-order valence-corrected chi connectivity index (χ2v) is 6.75. The van der Waals surface area contributed by atoms with Gasteiger partial charge in [0.1, 0.15) is 5.75 Å². The van der Waals surface area contributed by atoms with Gasteiger partial charge in [0.15, 0.2) is 5.69 Å². The van der Waals surface area contributed by atoms with Crippen molar-refractivity contribution in [2.45, 2.75) is 0 Å². The highest BCUT2D eigenvalue weighted by atomic mass is 32.1. The number of anilines is 2. The number of hydrogen-bond acceptors (Lipinski definition) is 6. The lowest BCUT2D eigenvalue weighted by Crippen LogP contribution is -2.13. The number of carbonyl (C=O) groups is 1. The number of aromatic nitrogens is 3. The van der Waals surface area contributed by atoms with Crippen LogP contribution in [0.2, 0.25) is 0 Å². The SMILES string of the molecule is Nc1ccc(-c2cccs2)cc1NC(=O)c1cn(-c2ccc(O)cc2)nn1. The van der Waals surface area contributed by atoms with E-state index in [2.05, 4.69) is 15.6 Å². The summed E-state index contributed by atoms with van der Waals surface area (Å²) in [6, 6.07) is 15.9. The van der Waals surface area contributed by atoms with Gasteiger partial charge in [-0.3, -0.25) is 4.79 Å². The first-order valence-corrected chi connectivity index (χ1v) is 8.94. The fourth-order valence-corrected chi connectivity index (χ4v) is 3.27. The van der Waals surface area contributed by atoms with Crippen molar-refractivity contribution in [2.24, 2.45) is 0 Å². The molecular formula is C19H15N5O2S. The zero-order chi connectivity index (χ0) is 18.8. The Hall–Kier alpha value is -3.65. The zero-order valence-electron chi connectivity index (χ0n) is 14.0. The molecule has 0 unspecified atom stereocenters. The van der Waals surface area contributed by atoms with E-state index < -0.39 is 5.91 Å². The number of nitrogens with two attached hydrogens (primary N) is 1. The van der Waals surface area contributed by atoms with Gasteiger partial charge in [0.05, 0.1) is 23.3 Å². The molecule has 134 valence electrons. The number of phenols is 1. The number of amides is 1. The number of aromatic hydroxyl groups is 1. The molecular weight excluding hydrogens is 362 g/mol. The molecule has 8 heteroatoms. The topological polar surface area (TPSA) is 106 Å². The second-order valence-electron chi connectivity index (χ2n) is 5.80. The number of nitrogens with one attached hydrogen (secondary N) is 1. The van der Waals surface area contributed by atoms with Crippen molar-refractivity contribution < 1.29 is 9.90 Å². The van der Waals surface area contributed by atoms with Crippen molar-refractivity contribution in [1.82, 2.24) is 15.0 Å². The third kappa shape index (κ3) is 3.51. The van der Waals surface area contributed by atoms with Gasteiger partial charge in [0, 0.05) is 4.88 Å². The molecule has 0 aliphatic rings. The van der Waals surface area contributed by atoms with E-state index >= 15 is 0 Å². The highest BCUT2D eigenvalue weighted by Gasteiger charge is 2.14. The van der Waals surface area contributed by atoms with Gasteiger partial charge in [-0.05, 0) is 53.4 Å². The molecule has 0 spiro atoms. The van der Waals surface area contributed by atoms with Crippen LogP contribution in [0.25, 0.3) is 16.1 Å². The second kappa shape index (κ2) is 6.93. The fraction of sp³-hybridized carbons (Fsp3) is 0.